The number of phenols is 1. The van der Waals surface area contributed by atoms with E-state index in [-0.39, 0.29) is 30.1 Å². The second-order valence-corrected chi connectivity index (χ2v) is 2.67. The Morgan fingerprint density at radius 2 is 2.15 bits per heavy atom. The average molecular weight is 181 g/mol. The standard InChI is InChI=1S/C9H11NO3/c10-8-2-1-6(12)5-7(8)9(13)3-4-11/h1-2,5,11-12H,3-4,10H2. The summed E-state index contributed by atoms with van der Waals surface area (Å²) in [6.07, 6.45) is 0.0215. The Labute approximate surface area is 75.6 Å². The van der Waals surface area contributed by atoms with Gasteiger partial charge in [0.15, 0.2) is 5.78 Å². The van der Waals surface area contributed by atoms with Crippen LogP contribution in [0.15, 0.2) is 18.2 Å². The lowest BCUT2D eigenvalue weighted by molar-refractivity contribution is 0.0957. The van der Waals surface area contributed by atoms with Gasteiger partial charge in [-0.15, -0.1) is 0 Å². The van der Waals surface area contributed by atoms with Crippen molar-refractivity contribution in [2.24, 2.45) is 0 Å². The number of anilines is 1. The zero-order chi connectivity index (χ0) is 9.84. The van der Waals surface area contributed by atoms with Gasteiger partial charge in [0.05, 0.1) is 6.61 Å². The number of carbonyl (C=O) groups excluding carboxylic acids is 1. The minimum absolute atomic E-state index is 0.00418. The Kier molecular flexibility index (Phi) is 2.87. The maximum atomic E-state index is 11.3. The molecule has 0 bridgehead atoms. The molecule has 0 amide bonds. The zero-order valence-corrected chi connectivity index (χ0v) is 7.03. The summed E-state index contributed by atoms with van der Waals surface area (Å²) in [5.41, 5.74) is 6.08. The Balaban J connectivity index is 2.99. The highest BCUT2D eigenvalue weighted by molar-refractivity contribution is 6.01. The van der Waals surface area contributed by atoms with Crippen molar-refractivity contribution >= 4 is 11.5 Å². The van der Waals surface area contributed by atoms with Crippen LogP contribution in [-0.4, -0.2) is 22.6 Å². The van der Waals surface area contributed by atoms with Gasteiger partial charge in [-0.05, 0) is 18.2 Å². The van der Waals surface area contributed by atoms with E-state index >= 15 is 0 Å². The maximum absolute atomic E-state index is 11.3. The first-order chi connectivity index (χ1) is 6.15. The van der Waals surface area contributed by atoms with Gasteiger partial charge in [-0.25, -0.2) is 0 Å². The lowest BCUT2D eigenvalue weighted by atomic mass is 10.1. The van der Waals surface area contributed by atoms with E-state index in [4.69, 9.17) is 15.9 Å². The molecular formula is C9H11NO3. The molecule has 70 valence electrons. The van der Waals surface area contributed by atoms with Crippen molar-refractivity contribution in [3.8, 4) is 5.75 Å². The molecule has 1 rings (SSSR count). The van der Waals surface area contributed by atoms with Crippen LogP contribution in [0.25, 0.3) is 0 Å². The van der Waals surface area contributed by atoms with Crippen molar-refractivity contribution in [2.75, 3.05) is 12.3 Å². The highest BCUT2D eigenvalue weighted by Crippen LogP contribution is 2.19. The van der Waals surface area contributed by atoms with Crippen molar-refractivity contribution in [1.82, 2.24) is 0 Å². The normalized spacial score (nSPS) is 9.92. The van der Waals surface area contributed by atoms with Crippen molar-refractivity contribution < 1.29 is 15.0 Å². The SMILES string of the molecule is Nc1ccc(O)cc1C(=O)CCO. The summed E-state index contributed by atoms with van der Waals surface area (Å²) in [5, 5.41) is 17.6. The van der Waals surface area contributed by atoms with E-state index in [9.17, 15) is 4.79 Å². The fourth-order valence-corrected chi connectivity index (χ4v) is 1.02. The van der Waals surface area contributed by atoms with E-state index in [0.29, 0.717) is 5.69 Å². The first kappa shape index (κ1) is 9.54. The summed E-state index contributed by atoms with van der Waals surface area (Å²) in [5.74, 6) is -0.272. The molecule has 0 aliphatic rings. The third-order valence-electron chi connectivity index (χ3n) is 1.68. The number of Topliss-reactive ketones (excluding diaryl/α,β-unsaturated/α-hetero) is 1. The molecule has 4 heteroatoms. The minimum atomic E-state index is -0.268. The van der Waals surface area contributed by atoms with Crippen LogP contribution >= 0.6 is 0 Å². The Morgan fingerprint density at radius 3 is 2.77 bits per heavy atom. The van der Waals surface area contributed by atoms with Gasteiger partial charge in [0, 0.05) is 17.7 Å². The van der Waals surface area contributed by atoms with Crippen LogP contribution < -0.4 is 5.73 Å². The molecule has 0 radical (unpaired) electrons. The summed E-state index contributed by atoms with van der Waals surface area (Å²) in [4.78, 5) is 11.3. The van der Waals surface area contributed by atoms with Gasteiger partial charge >= 0.3 is 0 Å². The molecule has 1 aromatic carbocycles. The van der Waals surface area contributed by atoms with Crippen molar-refractivity contribution in [1.29, 1.82) is 0 Å². The molecule has 0 aliphatic heterocycles. The van der Waals surface area contributed by atoms with Crippen LogP contribution in [0.2, 0.25) is 0 Å². The molecule has 13 heavy (non-hydrogen) atoms. The summed E-state index contributed by atoms with van der Waals surface area (Å²) in [7, 11) is 0. The summed E-state index contributed by atoms with van der Waals surface area (Å²) in [6.45, 7) is -0.214. The number of aliphatic hydroxyl groups excluding tert-OH is 1. The van der Waals surface area contributed by atoms with Gasteiger partial charge in [0.2, 0.25) is 0 Å². The summed E-state index contributed by atoms with van der Waals surface area (Å²) >= 11 is 0. The Bertz CT molecular complexity index is 323. The molecule has 0 heterocycles. The van der Waals surface area contributed by atoms with E-state index < -0.39 is 0 Å². The average Bonchev–Trinajstić information content (AvgIpc) is 2.09. The predicted octanol–water partition coefficient (Wildman–Crippen LogP) is 0.540. The predicted molar refractivity (Wildman–Crippen MR) is 48.6 cm³/mol. The van der Waals surface area contributed by atoms with E-state index in [1.807, 2.05) is 0 Å². The minimum Gasteiger partial charge on any atom is -0.508 e. The Hall–Kier alpha value is -1.55. The first-order valence-corrected chi connectivity index (χ1v) is 3.87. The smallest absolute Gasteiger partial charge is 0.167 e. The fraction of sp³-hybridized carbons (Fsp3) is 0.222. The maximum Gasteiger partial charge on any atom is 0.167 e. The molecule has 0 fully saturated rings. The molecule has 0 aliphatic carbocycles. The second-order valence-electron chi connectivity index (χ2n) is 2.67. The number of phenolic OH excluding ortho intramolecular Hbond substituents is 1. The number of rotatable bonds is 3. The highest BCUT2D eigenvalue weighted by atomic mass is 16.3. The molecule has 0 spiro atoms. The van der Waals surface area contributed by atoms with E-state index in [1.165, 1.54) is 18.2 Å². The van der Waals surface area contributed by atoms with Crippen LogP contribution in [0.5, 0.6) is 5.75 Å². The van der Waals surface area contributed by atoms with E-state index in [0.717, 1.165) is 0 Å². The van der Waals surface area contributed by atoms with Crippen LogP contribution in [0, 0.1) is 0 Å². The van der Waals surface area contributed by atoms with Gasteiger partial charge < -0.3 is 15.9 Å². The number of benzene rings is 1. The van der Waals surface area contributed by atoms with Crippen LogP contribution in [0.4, 0.5) is 5.69 Å². The molecule has 0 saturated heterocycles. The van der Waals surface area contributed by atoms with Gasteiger partial charge in [-0.2, -0.15) is 0 Å². The molecule has 0 aromatic heterocycles. The first-order valence-electron chi connectivity index (χ1n) is 3.87. The summed E-state index contributed by atoms with van der Waals surface area (Å²) < 4.78 is 0. The number of aromatic hydroxyl groups is 1. The monoisotopic (exact) mass is 181 g/mol. The number of hydrogen-bond acceptors (Lipinski definition) is 4. The van der Waals surface area contributed by atoms with Crippen molar-refractivity contribution in [3.05, 3.63) is 23.8 Å². The molecule has 4 nitrogen and oxygen atoms in total. The Morgan fingerprint density at radius 1 is 1.46 bits per heavy atom. The van der Waals surface area contributed by atoms with Crippen molar-refractivity contribution in [2.45, 2.75) is 6.42 Å². The lowest BCUT2D eigenvalue weighted by Gasteiger charge is -2.03. The zero-order valence-electron chi connectivity index (χ0n) is 7.03. The van der Waals surface area contributed by atoms with E-state index in [2.05, 4.69) is 0 Å². The van der Waals surface area contributed by atoms with Gasteiger partial charge in [-0.3, -0.25) is 4.79 Å². The number of ketones is 1. The van der Waals surface area contributed by atoms with Crippen molar-refractivity contribution in [3.63, 3.8) is 0 Å². The molecule has 1 aromatic rings. The number of hydrogen-bond donors (Lipinski definition) is 3. The van der Waals surface area contributed by atoms with Gasteiger partial charge in [0.1, 0.15) is 5.75 Å². The third-order valence-corrected chi connectivity index (χ3v) is 1.68. The molecule has 4 N–H and O–H groups in total. The number of nitrogen functional groups attached to an aromatic ring is 1. The fourth-order valence-electron chi connectivity index (χ4n) is 1.02. The van der Waals surface area contributed by atoms with Gasteiger partial charge in [0.25, 0.3) is 0 Å². The molecule has 0 atom stereocenters. The number of aliphatic hydroxyl groups is 1. The van der Waals surface area contributed by atoms with E-state index in [1.54, 1.807) is 0 Å². The largest absolute Gasteiger partial charge is 0.508 e. The molecule has 0 unspecified atom stereocenters. The van der Waals surface area contributed by atoms with Gasteiger partial charge in [-0.1, -0.05) is 0 Å². The van der Waals surface area contributed by atoms with Crippen LogP contribution in [0.1, 0.15) is 16.8 Å². The summed E-state index contributed by atoms with van der Waals surface area (Å²) in [6, 6.07) is 4.17. The molecule has 0 saturated carbocycles. The number of nitrogens with two attached hydrogens (primary N) is 1. The number of carbonyl (C=O) groups is 1. The molecular weight excluding hydrogens is 170 g/mol. The lowest BCUT2D eigenvalue weighted by Crippen LogP contribution is -2.05. The van der Waals surface area contributed by atoms with Crippen LogP contribution in [0.3, 0.4) is 0 Å². The topological polar surface area (TPSA) is 83.5 Å². The second kappa shape index (κ2) is 3.91. The van der Waals surface area contributed by atoms with Crippen LogP contribution in [-0.2, 0) is 0 Å². The highest BCUT2D eigenvalue weighted by Gasteiger charge is 2.09. The quantitative estimate of drug-likeness (QED) is 0.361. The third kappa shape index (κ3) is 2.19.